The van der Waals surface area contributed by atoms with Crippen molar-refractivity contribution < 1.29 is 4.79 Å². The summed E-state index contributed by atoms with van der Waals surface area (Å²) in [6.07, 6.45) is 1.50. The van der Waals surface area contributed by atoms with Crippen molar-refractivity contribution in [2.75, 3.05) is 13.1 Å². The third-order valence-electron chi connectivity index (χ3n) is 1.50. The van der Waals surface area contributed by atoms with E-state index in [1.807, 2.05) is 6.07 Å². The summed E-state index contributed by atoms with van der Waals surface area (Å²) in [6, 6.07) is 1.93. The van der Waals surface area contributed by atoms with Gasteiger partial charge in [-0.25, -0.2) is 0 Å². The fourth-order valence-electron chi connectivity index (χ4n) is 0.849. The largest absolute Gasteiger partial charge is 0.335 e. The van der Waals surface area contributed by atoms with Crippen molar-refractivity contribution in [3.05, 3.63) is 11.6 Å². The summed E-state index contributed by atoms with van der Waals surface area (Å²) in [7, 11) is 0. The quantitative estimate of drug-likeness (QED) is 0.449. The molecule has 1 saturated heterocycles. The van der Waals surface area contributed by atoms with Gasteiger partial charge in [0.15, 0.2) is 0 Å². The van der Waals surface area contributed by atoms with E-state index in [0.717, 1.165) is 5.57 Å². The number of nitrogens with zero attached hydrogens (tertiary/aromatic N) is 2. The van der Waals surface area contributed by atoms with E-state index in [-0.39, 0.29) is 5.91 Å². The molecule has 0 spiro atoms. The van der Waals surface area contributed by atoms with Gasteiger partial charge in [-0.3, -0.25) is 4.79 Å². The molecule has 1 fully saturated rings. The monoisotopic (exact) mass is 136 g/mol. The van der Waals surface area contributed by atoms with Gasteiger partial charge in [0.25, 0.3) is 0 Å². The number of rotatable bonds is 0. The summed E-state index contributed by atoms with van der Waals surface area (Å²) in [5, 5.41) is 8.20. The molecule has 0 radical (unpaired) electrons. The molecule has 0 atom stereocenters. The molecule has 1 aliphatic heterocycles. The Morgan fingerprint density at radius 2 is 2.40 bits per heavy atom. The second-order valence-electron chi connectivity index (χ2n) is 2.31. The predicted octanol–water partition coefficient (Wildman–Crippen LogP) is 0.298. The van der Waals surface area contributed by atoms with Crippen LogP contribution in [0.25, 0.3) is 0 Å². The van der Waals surface area contributed by atoms with Crippen LogP contribution in [0.3, 0.4) is 0 Å². The Bertz CT molecular complexity index is 216. The number of allylic oxidation sites excluding steroid dienone is 1. The Morgan fingerprint density at radius 1 is 1.80 bits per heavy atom. The van der Waals surface area contributed by atoms with Gasteiger partial charge in [0.2, 0.25) is 5.91 Å². The molecule has 3 heteroatoms. The summed E-state index contributed by atoms with van der Waals surface area (Å²) in [4.78, 5) is 12.3. The van der Waals surface area contributed by atoms with Crippen LogP contribution < -0.4 is 0 Å². The third kappa shape index (κ3) is 1.16. The normalized spacial score (nSPS) is 15.6. The lowest BCUT2D eigenvalue weighted by atomic mass is 10.1. The molecule has 0 aromatic carbocycles. The first-order chi connectivity index (χ1) is 4.74. The van der Waals surface area contributed by atoms with Gasteiger partial charge in [0.1, 0.15) is 0 Å². The van der Waals surface area contributed by atoms with Crippen LogP contribution in [0, 0.1) is 11.3 Å². The van der Waals surface area contributed by atoms with Gasteiger partial charge in [-0.1, -0.05) is 0 Å². The zero-order valence-electron chi connectivity index (χ0n) is 5.79. The minimum absolute atomic E-state index is 0.0788. The summed E-state index contributed by atoms with van der Waals surface area (Å²) in [6.45, 7) is 2.81. The van der Waals surface area contributed by atoms with Crippen LogP contribution in [-0.2, 0) is 4.79 Å². The highest BCUT2D eigenvalue weighted by atomic mass is 16.2. The van der Waals surface area contributed by atoms with E-state index in [1.54, 1.807) is 4.90 Å². The molecule has 0 saturated carbocycles. The van der Waals surface area contributed by atoms with Gasteiger partial charge in [-0.2, -0.15) is 5.26 Å². The molecular formula is C7H8N2O. The minimum Gasteiger partial charge on any atom is -0.335 e. The van der Waals surface area contributed by atoms with Gasteiger partial charge in [-0.15, -0.1) is 0 Å². The topological polar surface area (TPSA) is 44.1 Å². The zero-order chi connectivity index (χ0) is 7.56. The first kappa shape index (κ1) is 6.81. The molecule has 1 aliphatic rings. The minimum atomic E-state index is 0.0788. The summed E-state index contributed by atoms with van der Waals surface area (Å²) < 4.78 is 0. The zero-order valence-corrected chi connectivity index (χ0v) is 5.79. The Kier molecular flexibility index (Phi) is 1.72. The molecule has 0 aromatic heterocycles. The highest BCUT2D eigenvalue weighted by Gasteiger charge is 2.21. The molecule has 0 unspecified atom stereocenters. The van der Waals surface area contributed by atoms with E-state index in [4.69, 9.17) is 5.26 Å². The highest BCUT2D eigenvalue weighted by Crippen LogP contribution is 2.12. The molecule has 52 valence electrons. The van der Waals surface area contributed by atoms with Crippen molar-refractivity contribution >= 4 is 5.91 Å². The average molecular weight is 136 g/mol. The van der Waals surface area contributed by atoms with Crippen LogP contribution >= 0.6 is 0 Å². The third-order valence-corrected chi connectivity index (χ3v) is 1.50. The van der Waals surface area contributed by atoms with Crippen LogP contribution in [0.5, 0.6) is 0 Å². The van der Waals surface area contributed by atoms with Gasteiger partial charge in [0, 0.05) is 26.1 Å². The number of carbonyl (C=O) groups excluding carboxylic acids is 1. The maximum absolute atomic E-state index is 10.6. The summed E-state index contributed by atoms with van der Waals surface area (Å²) in [5.74, 6) is 0.0788. The molecule has 0 aliphatic carbocycles. The smallest absolute Gasteiger partial charge is 0.220 e. The van der Waals surface area contributed by atoms with Crippen LogP contribution in [0.4, 0.5) is 0 Å². The van der Waals surface area contributed by atoms with Crippen molar-refractivity contribution in [1.29, 1.82) is 5.26 Å². The van der Waals surface area contributed by atoms with Gasteiger partial charge >= 0.3 is 0 Å². The molecule has 10 heavy (non-hydrogen) atoms. The van der Waals surface area contributed by atoms with E-state index in [0.29, 0.717) is 13.1 Å². The molecule has 0 bridgehead atoms. The number of hydrogen-bond acceptors (Lipinski definition) is 2. The SMILES string of the molecule is CC(=O)N1CC(=CC#N)C1. The number of likely N-dealkylation sites (tertiary alicyclic amines) is 1. The molecule has 1 rings (SSSR count). The first-order valence-electron chi connectivity index (χ1n) is 3.07. The Balaban J connectivity index is 2.39. The molecule has 0 aromatic rings. The second-order valence-corrected chi connectivity index (χ2v) is 2.31. The van der Waals surface area contributed by atoms with Crippen LogP contribution in [-0.4, -0.2) is 23.9 Å². The Labute approximate surface area is 59.5 Å². The highest BCUT2D eigenvalue weighted by molar-refractivity contribution is 5.75. The van der Waals surface area contributed by atoms with Gasteiger partial charge in [0.05, 0.1) is 6.07 Å². The van der Waals surface area contributed by atoms with Crippen molar-refractivity contribution in [2.45, 2.75) is 6.92 Å². The molecule has 1 amide bonds. The van der Waals surface area contributed by atoms with E-state index in [1.165, 1.54) is 13.0 Å². The van der Waals surface area contributed by atoms with E-state index >= 15 is 0 Å². The predicted molar refractivity (Wildman–Crippen MR) is 36.0 cm³/mol. The number of nitriles is 1. The summed E-state index contributed by atoms with van der Waals surface area (Å²) >= 11 is 0. The van der Waals surface area contributed by atoms with E-state index < -0.39 is 0 Å². The first-order valence-corrected chi connectivity index (χ1v) is 3.07. The van der Waals surface area contributed by atoms with Crippen LogP contribution in [0.15, 0.2) is 11.6 Å². The van der Waals surface area contributed by atoms with Crippen molar-refractivity contribution in [1.82, 2.24) is 4.90 Å². The lowest BCUT2D eigenvalue weighted by Crippen LogP contribution is -2.43. The number of hydrogen-bond donors (Lipinski definition) is 0. The number of amides is 1. The molecular weight excluding hydrogens is 128 g/mol. The van der Waals surface area contributed by atoms with Gasteiger partial charge in [-0.05, 0) is 5.57 Å². The summed E-state index contributed by atoms with van der Waals surface area (Å²) in [5.41, 5.74) is 1.04. The van der Waals surface area contributed by atoms with Crippen molar-refractivity contribution in [3.8, 4) is 6.07 Å². The fraction of sp³-hybridized carbons (Fsp3) is 0.429. The second kappa shape index (κ2) is 2.53. The number of carbonyl (C=O) groups is 1. The van der Waals surface area contributed by atoms with E-state index in [2.05, 4.69) is 0 Å². The maximum atomic E-state index is 10.6. The average Bonchev–Trinajstić information content (AvgIpc) is 1.76. The van der Waals surface area contributed by atoms with Crippen molar-refractivity contribution in [2.24, 2.45) is 0 Å². The molecule has 1 heterocycles. The van der Waals surface area contributed by atoms with Crippen molar-refractivity contribution in [3.63, 3.8) is 0 Å². The molecule has 0 N–H and O–H groups in total. The molecule has 3 nitrogen and oxygen atoms in total. The Hall–Kier alpha value is -1.30. The lowest BCUT2D eigenvalue weighted by Gasteiger charge is -2.32. The Morgan fingerprint density at radius 3 is 2.80 bits per heavy atom. The lowest BCUT2D eigenvalue weighted by molar-refractivity contribution is -0.130. The van der Waals surface area contributed by atoms with Crippen LogP contribution in [0.1, 0.15) is 6.92 Å². The van der Waals surface area contributed by atoms with Gasteiger partial charge < -0.3 is 4.90 Å². The van der Waals surface area contributed by atoms with E-state index in [9.17, 15) is 4.79 Å². The maximum Gasteiger partial charge on any atom is 0.220 e. The van der Waals surface area contributed by atoms with Crippen LogP contribution in [0.2, 0.25) is 0 Å². The standard InChI is InChI=1S/C7H8N2O/c1-6(10)9-4-7(5-9)2-3-8/h2H,4-5H2,1H3. The fourth-order valence-corrected chi connectivity index (χ4v) is 0.849.